The van der Waals surface area contributed by atoms with E-state index in [1.54, 1.807) is 55.7 Å². The van der Waals surface area contributed by atoms with Crippen LogP contribution in [0.1, 0.15) is 89.0 Å². The number of carbonyl (C=O) groups excluding carboxylic acids is 5. The second-order valence-corrected chi connectivity index (χ2v) is 17.4. The second kappa shape index (κ2) is 15.8. The first-order valence-electron chi connectivity index (χ1n) is 19.8. The third kappa shape index (κ3) is 7.60. The van der Waals surface area contributed by atoms with E-state index in [0.29, 0.717) is 54.6 Å². The van der Waals surface area contributed by atoms with Crippen LogP contribution in [0, 0.1) is 0 Å². The van der Waals surface area contributed by atoms with E-state index in [1.807, 2.05) is 29.9 Å². The highest BCUT2D eigenvalue weighted by Crippen LogP contribution is 2.36. The zero-order valence-electron chi connectivity index (χ0n) is 32.7. The third-order valence-corrected chi connectivity index (χ3v) is 13.2. The molecule has 4 N–H and O–H groups in total. The molecule has 3 aliphatic heterocycles. The molecule has 8 rings (SSSR count). The Labute approximate surface area is 340 Å². The fourth-order valence-corrected chi connectivity index (χ4v) is 9.12. The van der Waals surface area contributed by atoms with E-state index in [-0.39, 0.29) is 35.6 Å². The van der Waals surface area contributed by atoms with Gasteiger partial charge in [-0.25, -0.2) is 13.4 Å². The first-order chi connectivity index (χ1) is 28.4. The number of aryl methyl sites for hydroxylation is 1. The molecule has 306 valence electrons. The van der Waals surface area contributed by atoms with Crippen molar-refractivity contribution in [2.75, 3.05) is 30.7 Å². The van der Waals surface area contributed by atoms with Gasteiger partial charge in [0, 0.05) is 60.6 Å². The number of H-pyrrole nitrogens is 1. The van der Waals surface area contributed by atoms with Crippen molar-refractivity contribution >= 4 is 62.2 Å². The van der Waals surface area contributed by atoms with Crippen molar-refractivity contribution in [3.8, 4) is 11.3 Å². The Morgan fingerprint density at radius 1 is 0.949 bits per heavy atom. The highest BCUT2D eigenvalue weighted by Gasteiger charge is 2.48. The van der Waals surface area contributed by atoms with E-state index in [1.165, 1.54) is 4.31 Å². The van der Waals surface area contributed by atoms with Crippen LogP contribution in [0.15, 0.2) is 67.1 Å². The molecule has 2 fully saturated rings. The average molecular weight is 821 g/mol. The molecule has 1 atom stereocenters. The summed E-state index contributed by atoms with van der Waals surface area (Å²) in [5.41, 5.74) is 4.25. The summed E-state index contributed by atoms with van der Waals surface area (Å²) >= 11 is 0. The quantitative estimate of drug-likeness (QED) is 0.0877. The number of rotatable bonds is 15. The van der Waals surface area contributed by atoms with Gasteiger partial charge >= 0.3 is 0 Å². The lowest BCUT2D eigenvalue weighted by Crippen LogP contribution is -2.64. The molecule has 1 unspecified atom stereocenters. The maximum absolute atomic E-state index is 13.1. The Morgan fingerprint density at radius 3 is 2.47 bits per heavy atom. The van der Waals surface area contributed by atoms with E-state index < -0.39 is 45.2 Å². The molecule has 3 aliphatic rings. The smallest absolute Gasteiger partial charge is 0.262 e. The number of carbonyl (C=O) groups is 5. The van der Waals surface area contributed by atoms with Crippen molar-refractivity contribution in [2.45, 2.75) is 70.4 Å². The molecule has 0 saturated carbocycles. The van der Waals surface area contributed by atoms with Crippen LogP contribution >= 0.6 is 0 Å². The summed E-state index contributed by atoms with van der Waals surface area (Å²) in [4.78, 5) is 76.5. The van der Waals surface area contributed by atoms with Crippen LogP contribution in [0.3, 0.4) is 0 Å². The number of amides is 5. The molecule has 0 aliphatic carbocycles. The second-order valence-electron chi connectivity index (χ2n) is 15.2. The van der Waals surface area contributed by atoms with Gasteiger partial charge in [-0.05, 0) is 87.1 Å². The summed E-state index contributed by atoms with van der Waals surface area (Å²) < 4.78 is 28.2. The molecule has 18 heteroatoms. The predicted octanol–water partition coefficient (Wildman–Crippen LogP) is 3.88. The SMILES string of the molecule is CCC1(n2cc(-c3nc(Nc4ccc(C(=O)NCCCCCc5ccc6c(c5)C(=O)N(C5CCC(=O)NC5=O)C6=O)cc4)nc4[nH]ccc34)cn2)CN(S(=O)(=O)CC)C1. The zero-order chi connectivity index (χ0) is 41.5. The number of unbranched alkanes of at least 4 members (excludes halogenated alkanes) is 2. The molecular formula is C41H44N10O7S. The molecule has 0 spiro atoms. The number of imide groups is 2. The van der Waals surface area contributed by atoms with Gasteiger partial charge in [0.25, 0.3) is 17.7 Å². The molecule has 0 radical (unpaired) electrons. The predicted molar refractivity (Wildman–Crippen MR) is 217 cm³/mol. The van der Waals surface area contributed by atoms with E-state index in [0.717, 1.165) is 47.1 Å². The zero-order valence-corrected chi connectivity index (χ0v) is 33.5. The number of anilines is 2. The molecule has 0 bridgehead atoms. The Kier molecular flexibility index (Phi) is 10.6. The highest BCUT2D eigenvalue weighted by molar-refractivity contribution is 7.89. The molecule has 17 nitrogen and oxygen atoms in total. The first kappa shape index (κ1) is 39.6. The topological polar surface area (TPSA) is 221 Å². The molecule has 5 amide bonds. The normalized spacial score (nSPS) is 17.9. The molecule has 5 aromatic rings. The average Bonchev–Trinajstić information content (AvgIpc) is 3.95. The van der Waals surface area contributed by atoms with Gasteiger partial charge in [0.05, 0.1) is 34.3 Å². The van der Waals surface area contributed by atoms with Gasteiger partial charge in [-0.2, -0.15) is 14.4 Å². The standard InChI is InChI=1S/C41H44N10O7S/c1-3-41(23-49(24-41)59(57,58)4-2)50-22-27(21-44-50)34-30-17-19-42-35(30)48-40(47-34)45-28-12-10-26(11-13-28)36(53)43-18-7-5-6-8-25-9-14-29-31(20-25)39(56)51(38(29)55)32-15-16-33(52)46-37(32)54/h9-14,17,19-22,32H,3-8,15-16,18,23-24H2,1-2H3,(H,43,53)(H,46,52,54)(H2,42,45,47,48). The largest absolute Gasteiger partial charge is 0.352 e. The van der Waals surface area contributed by atoms with Crippen molar-refractivity contribution in [3.63, 3.8) is 0 Å². The number of sulfonamides is 1. The Hall–Kier alpha value is -6.27. The van der Waals surface area contributed by atoms with Crippen molar-refractivity contribution in [1.82, 2.24) is 44.6 Å². The number of fused-ring (bicyclic) bond motifs is 2. The number of hydrogen-bond acceptors (Lipinski definition) is 11. The molecule has 6 heterocycles. The van der Waals surface area contributed by atoms with Crippen LogP contribution in [-0.2, 0) is 31.6 Å². The fraction of sp³-hybridized carbons (Fsp3) is 0.366. The van der Waals surface area contributed by atoms with E-state index >= 15 is 0 Å². The number of nitrogens with zero attached hydrogens (tertiary/aromatic N) is 6. The summed E-state index contributed by atoms with van der Waals surface area (Å²) in [5, 5.41) is 13.9. The first-order valence-corrected chi connectivity index (χ1v) is 21.4. The van der Waals surface area contributed by atoms with Gasteiger partial charge in [-0.15, -0.1) is 0 Å². The number of aromatic nitrogens is 5. The van der Waals surface area contributed by atoms with Gasteiger partial charge < -0.3 is 15.6 Å². The summed E-state index contributed by atoms with van der Waals surface area (Å²) in [5.74, 6) is -1.88. The lowest BCUT2D eigenvalue weighted by molar-refractivity contribution is -0.136. The van der Waals surface area contributed by atoms with Gasteiger partial charge in [0.15, 0.2) is 0 Å². The minimum absolute atomic E-state index is 0.0628. The molecule has 2 saturated heterocycles. The minimum atomic E-state index is -3.28. The monoisotopic (exact) mass is 820 g/mol. The van der Waals surface area contributed by atoms with Crippen LogP contribution in [-0.4, -0.2) is 103 Å². The number of nitrogens with one attached hydrogen (secondary N) is 4. The lowest BCUT2D eigenvalue weighted by atomic mass is 9.89. The van der Waals surface area contributed by atoms with Gasteiger partial charge in [-0.1, -0.05) is 19.4 Å². The van der Waals surface area contributed by atoms with Crippen LogP contribution < -0.4 is 16.0 Å². The van der Waals surface area contributed by atoms with Crippen molar-refractivity contribution in [1.29, 1.82) is 0 Å². The van der Waals surface area contributed by atoms with Gasteiger partial charge in [0.2, 0.25) is 27.8 Å². The molecular weight excluding hydrogens is 777 g/mol. The minimum Gasteiger partial charge on any atom is -0.352 e. The van der Waals surface area contributed by atoms with E-state index in [2.05, 4.69) is 31.0 Å². The summed E-state index contributed by atoms with van der Waals surface area (Å²) in [6.07, 6.45) is 9.39. The van der Waals surface area contributed by atoms with Crippen LogP contribution in [0.5, 0.6) is 0 Å². The Balaban J connectivity index is 0.821. The third-order valence-electron chi connectivity index (χ3n) is 11.5. The number of piperidine rings is 1. The lowest BCUT2D eigenvalue weighted by Gasteiger charge is -2.48. The van der Waals surface area contributed by atoms with Crippen LogP contribution in [0.2, 0.25) is 0 Å². The van der Waals surface area contributed by atoms with Crippen molar-refractivity contribution in [2.24, 2.45) is 0 Å². The Bertz CT molecular complexity index is 2600. The van der Waals surface area contributed by atoms with Crippen molar-refractivity contribution in [3.05, 3.63) is 89.4 Å². The van der Waals surface area contributed by atoms with Crippen molar-refractivity contribution < 1.29 is 32.4 Å². The molecule has 59 heavy (non-hydrogen) atoms. The summed E-state index contributed by atoms with van der Waals surface area (Å²) in [7, 11) is -3.28. The summed E-state index contributed by atoms with van der Waals surface area (Å²) in [6, 6.07) is 13.1. The summed E-state index contributed by atoms with van der Waals surface area (Å²) in [6.45, 7) is 4.90. The molecule has 2 aromatic carbocycles. The number of benzene rings is 2. The van der Waals surface area contributed by atoms with E-state index in [4.69, 9.17) is 4.98 Å². The van der Waals surface area contributed by atoms with Crippen LogP contribution in [0.4, 0.5) is 11.6 Å². The fourth-order valence-electron chi connectivity index (χ4n) is 7.88. The maximum Gasteiger partial charge on any atom is 0.262 e. The van der Waals surface area contributed by atoms with Gasteiger partial charge in [0.1, 0.15) is 11.7 Å². The molecule has 3 aromatic heterocycles. The van der Waals surface area contributed by atoms with Gasteiger partial charge in [-0.3, -0.25) is 38.9 Å². The maximum atomic E-state index is 13.1. The highest BCUT2D eigenvalue weighted by atomic mass is 32.2. The number of hydrogen-bond donors (Lipinski definition) is 4. The number of aromatic amines is 1. The Morgan fingerprint density at radius 2 is 1.73 bits per heavy atom. The van der Waals surface area contributed by atoms with E-state index in [9.17, 15) is 32.4 Å². The van der Waals surface area contributed by atoms with Crippen LogP contribution in [0.25, 0.3) is 22.3 Å².